The van der Waals surface area contributed by atoms with Crippen LogP contribution in [-0.2, 0) is 19.3 Å². The predicted molar refractivity (Wildman–Crippen MR) is 135 cm³/mol. The lowest BCUT2D eigenvalue weighted by Crippen LogP contribution is -2.32. The second-order valence-electron chi connectivity index (χ2n) is 10.4. The molecular formula is C26H38FN7. The molecular weight excluding hydrogens is 429 g/mol. The molecule has 1 fully saturated rings. The molecule has 0 amide bonds. The Morgan fingerprint density at radius 1 is 1.29 bits per heavy atom. The van der Waals surface area contributed by atoms with Crippen LogP contribution < -0.4 is 16.9 Å². The van der Waals surface area contributed by atoms with Gasteiger partial charge >= 0.3 is 0 Å². The molecule has 2 heterocycles. The number of nitrogens with two attached hydrogens (primary N) is 2. The van der Waals surface area contributed by atoms with Gasteiger partial charge in [0.05, 0.1) is 12.2 Å². The Bertz CT molecular complexity index is 975. The molecule has 1 saturated carbocycles. The first-order valence-corrected chi connectivity index (χ1v) is 11.9. The van der Waals surface area contributed by atoms with Crippen LogP contribution in [0.1, 0.15) is 56.9 Å². The minimum absolute atomic E-state index is 0.0795. The lowest BCUT2D eigenvalue weighted by atomic mass is 9.63. The van der Waals surface area contributed by atoms with Crippen molar-refractivity contribution in [1.29, 1.82) is 0 Å². The van der Waals surface area contributed by atoms with Crippen molar-refractivity contribution in [3.63, 3.8) is 0 Å². The number of rotatable bonds is 12. The Balaban J connectivity index is 1.43. The lowest BCUT2D eigenvalue weighted by molar-refractivity contribution is 0.0969. The number of nitrogens with one attached hydrogen (secondary N) is 1. The Labute approximate surface area is 202 Å². The maximum Gasteiger partial charge on any atom is 0.152 e. The molecule has 34 heavy (non-hydrogen) atoms. The molecule has 8 heteroatoms. The van der Waals surface area contributed by atoms with E-state index >= 15 is 0 Å². The Morgan fingerprint density at radius 3 is 2.68 bits per heavy atom. The van der Waals surface area contributed by atoms with Crippen molar-refractivity contribution in [2.75, 3.05) is 11.9 Å². The lowest BCUT2D eigenvalue weighted by Gasteiger charge is -2.42. The molecule has 0 bridgehead atoms. The molecule has 7 nitrogen and oxygen atoms in total. The predicted octanol–water partition coefficient (Wildman–Crippen LogP) is 4.29. The van der Waals surface area contributed by atoms with Gasteiger partial charge in [-0.2, -0.15) is 5.10 Å². The SMILES string of the molecule is C=C(Cc1cncc(CC2CC(C)(C)C2)c1)Nc1ccc(CCC(F)CN(N)/C=C(/C)N)nn1. The fraction of sp³-hybridized carbons (Fsp3) is 0.500. The highest BCUT2D eigenvalue weighted by atomic mass is 19.1. The van der Waals surface area contributed by atoms with Gasteiger partial charge in [0.15, 0.2) is 5.82 Å². The summed E-state index contributed by atoms with van der Waals surface area (Å²) in [6, 6.07) is 5.91. The van der Waals surface area contributed by atoms with E-state index in [1.807, 2.05) is 24.5 Å². The Morgan fingerprint density at radius 2 is 2.03 bits per heavy atom. The van der Waals surface area contributed by atoms with Crippen LogP contribution in [0.3, 0.4) is 0 Å². The standard InChI is InChI=1S/C26H38FN7/c1-18(28)16-34(29)17-23(27)5-6-24-7-8-25(33-32-24)31-19(2)9-20-10-21(15-30-14-20)11-22-12-26(3,4)13-22/h7-8,10,14-16,22-23H,2,5-6,9,11-13,17,28-29H2,1,3-4H3,(H,31,33)/b18-16-. The maximum absolute atomic E-state index is 14.1. The summed E-state index contributed by atoms with van der Waals surface area (Å²) in [5.41, 5.74) is 10.5. The van der Waals surface area contributed by atoms with Gasteiger partial charge in [0.1, 0.15) is 6.17 Å². The van der Waals surface area contributed by atoms with Crippen LogP contribution >= 0.6 is 0 Å². The van der Waals surface area contributed by atoms with Crippen LogP contribution in [0.15, 0.2) is 54.8 Å². The van der Waals surface area contributed by atoms with E-state index < -0.39 is 6.17 Å². The van der Waals surface area contributed by atoms with Crippen LogP contribution in [-0.4, -0.2) is 32.9 Å². The summed E-state index contributed by atoms with van der Waals surface area (Å²) in [5.74, 6) is 7.08. The molecule has 1 aliphatic rings. The summed E-state index contributed by atoms with van der Waals surface area (Å²) < 4.78 is 14.1. The van der Waals surface area contributed by atoms with E-state index in [4.69, 9.17) is 11.6 Å². The molecule has 1 aliphatic carbocycles. The summed E-state index contributed by atoms with van der Waals surface area (Å²) in [6.07, 6.45) is 9.38. The fourth-order valence-electron chi connectivity index (χ4n) is 4.70. The van der Waals surface area contributed by atoms with Crippen molar-refractivity contribution >= 4 is 5.82 Å². The second-order valence-corrected chi connectivity index (χ2v) is 10.4. The minimum Gasteiger partial charge on any atom is -0.401 e. The molecule has 0 aliphatic heterocycles. The third-order valence-electron chi connectivity index (χ3n) is 5.99. The van der Waals surface area contributed by atoms with Crippen molar-refractivity contribution in [2.45, 2.75) is 65.5 Å². The summed E-state index contributed by atoms with van der Waals surface area (Å²) in [6.45, 7) is 10.6. The molecule has 0 saturated heterocycles. The van der Waals surface area contributed by atoms with Crippen LogP contribution in [0.2, 0.25) is 0 Å². The molecule has 2 aromatic rings. The van der Waals surface area contributed by atoms with E-state index in [0.717, 1.165) is 29.3 Å². The highest BCUT2D eigenvalue weighted by molar-refractivity contribution is 5.41. The van der Waals surface area contributed by atoms with Gasteiger partial charge in [0.25, 0.3) is 0 Å². The van der Waals surface area contributed by atoms with E-state index in [-0.39, 0.29) is 6.54 Å². The highest BCUT2D eigenvalue weighted by Crippen LogP contribution is 2.46. The number of alkyl halides is 1. The number of allylic oxidation sites excluding steroid dienone is 2. The molecule has 0 aromatic carbocycles. The quantitative estimate of drug-likeness (QED) is 0.316. The Hall–Kier alpha value is -3.00. The first kappa shape index (κ1) is 25.6. The van der Waals surface area contributed by atoms with Crippen molar-refractivity contribution in [2.24, 2.45) is 22.9 Å². The third kappa shape index (κ3) is 8.41. The van der Waals surface area contributed by atoms with Gasteiger partial charge in [-0.15, -0.1) is 5.10 Å². The second kappa shape index (κ2) is 11.4. The van der Waals surface area contributed by atoms with E-state index in [2.05, 4.69) is 47.0 Å². The van der Waals surface area contributed by atoms with Crippen LogP contribution in [0, 0.1) is 11.3 Å². The van der Waals surface area contributed by atoms with Gasteiger partial charge in [-0.1, -0.05) is 26.5 Å². The van der Waals surface area contributed by atoms with Crippen molar-refractivity contribution in [3.8, 4) is 0 Å². The molecule has 3 rings (SSSR count). The summed E-state index contributed by atoms with van der Waals surface area (Å²) in [5, 5.41) is 12.9. The zero-order valence-corrected chi connectivity index (χ0v) is 20.6. The number of halogens is 1. The number of anilines is 1. The molecule has 0 spiro atoms. The van der Waals surface area contributed by atoms with Crippen LogP contribution in [0.5, 0.6) is 0 Å². The number of aromatic nitrogens is 3. The normalized spacial score (nSPS) is 16.6. The van der Waals surface area contributed by atoms with Crippen molar-refractivity contribution in [3.05, 3.63) is 71.6 Å². The number of hydrogen-bond acceptors (Lipinski definition) is 7. The van der Waals surface area contributed by atoms with E-state index in [1.165, 1.54) is 29.6 Å². The largest absolute Gasteiger partial charge is 0.401 e. The van der Waals surface area contributed by atoms with E-state index in [1.54, 1.807) is 6.92 Å². The fourth-order valence-corrected chi connectivity index (χ4v) is 4.70. The number of hydrogen-bond donors (Lipinski definition) is 3. The van der Waals surface area contributed by atoms with Gasteiger partial charge in [0, 0.05) is 36.4 Å². The molecule has 2 aromatic heterocycles. The third-order valence-corrected chi connectivity index (χ3v) is 5.99. The minimum atomic E-state index is -1.08. The average Bonchev–Trinajstić information content (AvgIpc) is 2.71. The first-order chi connectivity index (χ1) is 16.1. The van der Waals surface area contributed by atoms with Crippen molar-refractivity contribution < 1.29 is 4.39 Å². The molecule has 184 valence electrons. The average molecular weight is 468 g/mol. The first-order valence-electron chi connectivity index (χ1n) is 11.9. The number of nitrogens with zero attached hydrogens (tertiary/aromatic N) is 4. The van der Waals surface area contributed by atoms with Crippen LogP contribution in [0.25, 0.3) is 0 Å². The molecule has 5 N–H and O–H groups in total. The van der Waals surface area contributed by atoms with E-state index in [9.17, 15) is 4.39 Å². The molecule has 1 atom stereocenters. The van der Waals surface area contributed by atoms with E-state index in [0.29, 0.717) is 36.2 Å². The summed E-state index contributed by atoms with van der Waals surface area (Å²) >= 11 is 0. The Kier molecular flexibility index (Phi) is 8.61. The number of aryl methyl sites for hydroxylation is 1. The van der Waals surface area contributed by atoms with Gasteiger partial charge in [-0.3, -0.25) is 4.98 Å². The van der Waals surface area contributed by atoms with Crippen LogP contribution in [0.4, 0.5) is 10.2 Å². The molecule has 0 radical (unpaired) electrons. The zero-order valence-electron chi connectivity index (χ0n) is 20.6. The monoisotopic (exact) mass is 467 g/mol. The maximum atomic E-state index is 14.1. The van der Waals surface area contributed by atoms with Gasteiger partial charge in [0.2, 0.25) is 0 Å². The zero-order chi connectivity index (χ0) is 24.7. The van der Waals surface area contributed by atoms with Crippen molar-refractivity contribution in [1.82, 2.24) is 20.2 Å². The number of hydrazine groups is 1. The number of pyridine rings is 1. The van der Waals surface area contributed by atoms with Gasteiger partial charge in [-0.05, 0) is 73.6 Å². The summed E-state index contributed by atoms with van der Waals surface area (Å²) in [4.78, 5) is 4.42. The smallest absolute Gasteiger partial charge is 0.152 e. The summed E-state index contributed by atoms with van der Waals surface area (Å²) in [7, 11) is 0. The molecule has 1 unspecified atom stereocenters. The topological polar surface area (TPSA) is 106 Å². The highest BCUT2D eigenvalue weighted by Gasteiger charge is 2.35. The van der Waals surface area contributed by atoms with Gasteiger partial charge < -0.3 is 16.1 Å². The van der Waals surface area contributed by atoms with Gasteiger partial charge in [-0.25, -0.2) is 10.2 Å².